The van der Waals surface area contributed by atoms with Crippen molar-refractivity contribution in [3.8, 4) is 0 Å². The fourth-order valence-electron chi connectivity index (χ4n) is 3.35. The molecule has 0 radical (unpaired) electrons. The molecule has 3 rings (SSSR count). The number of rotatable bonds is 4. The van der Waals surface area contributed by atoms with Crippen molar-refractivity contribution in [2.45, 2.75) is 56.9 Å². The highest BCUT2D eigenvalue weighted by atomic mass is 32.1. The molecule has 0 unspecified atom stereocenters. The first kappa shape index (κ1) is 16.7. The lowest BCUT2D eigenvalue weighted by atomic mass is 9.90. The van der Waals surface area contributed by atoms with Gasteiger partial charge in [0.1, 0.15) is 0 Å². The molecular formula is C17H26N2O3S. The molecule has 2 fully saturated rings. The van der Waals surface area contributed by atoms with Gasteiger partial charge in [0.05, 0.1) is 13.2 Å². The van der Waals surface area contributed by atoms with Crippen molar-refractivity contribution in [2.24, 2.45) is 0 Å². The van der Waals surface area contributed by atoms with Crippen molar-refractivity contribution in [3.05, 3.63) is 22.4 Å². The normalized spacial score (nSPS) is 22.2. The van der Waals surface area contributed by atoms with Crippen LogP contribution in [0.2, 0.25) is 0 Å². The predicted octanol–water partition coefficient (Wildman–Crippen LogP) is 3.01. The lowest BCUT2D eigenvalue weighted by Crippen LogP contribution is -2.49. The van der Waals surface area contributed by atoms with Crippen molar-refractivity contribution in [1.82, 2.24) is 10.2 Å². The summed E-state index contributed by atoms with van der Waals surface area (Å²) in [6, 6.07) is 2.54. The van der Waals surface area contributed by atoms with Crippen LogP contribution in [-0.4, -0.2) is 49.1 Å². The smallest absolute Gasteiger partial charge is 0.317 e. The van der Waals surface area contributed by atoms with Gasteiger partial charge in [0.15, 0.2) is 5.79 Å². The lowest BCUT2D eigenvalue weighted by molar-refractivity contribution is -0.179. The molecule has 2 amide bonds. The Morgan fingerprint density at radius 3 is 2.74 bits per heavy atom. The third-order valence-corrected chi connectivity index (χ3v) is 5.71. The van der Waals surface area contributed by atoms with E-state index in [1.54, 1.807) is 11.3 Å². The van der Waals surface area contributed by atoms with Crippen molar-refractivity contribution < 1.29 is 14.3 Å². The summed E-state index contributed by atoms with van der Waals surface area (Å²) < 4.78 is 11.5. The van der Waals surface area contributed by atoms with Crippen LogP contribution in [0.5, 0.6) is 0 Å². The number of urea groups is 1. The minimum atomic E-state index is -0.362. The topological polar surface area (TPSA) is 50.8 Å². The quantitative estimate of drug-likeness (QED) is 0.918. The summed E-state index contributed by atoms with van der Waals surface area (Å²) in [5, 5.41) is 7.38. The highest BCUT2D eigenvalue weighted by Crippen LogP contribution is 2.35. The average molecular weight is 338 g/mol. The van der Waals surface area contributed by atoms with Crippen LogP contribution >= 0.6 is 11.3 Å². The highest BCUT2D eigenvalue weighted by molar-refractivity contribution is 7.07. The molecule has 6 heteroatoms. The van der Waals surface area contributed by atoms with Crippen LogP contribution in [0.3, 0.4) is 0 Å². The summed E-state index contributed by atoms with van der Waals surface area (Å²) in [7, 11) is 1.87. The Morgan fingerprint density at radius 1 is 1.43 bits per heavy atom. The maximum atomic E-state index is 12.4. The largest absolute Gasteiger partial charge is 0.348 e. The molecule has 1 saturated heterocycles. The second-order valence-corrected chi connectivity index (χ2v) is 7.41. The van der Waals surface area contributed by atoms with Crippen LogP contribution < -0.4 is 5.32 Å². The van der Waals surface area contributed by atoms with E-state index < -0.39 is 0 Å². The number of ether oxygens (including phenoxy) is 2. The Balaban J connectivity index is 1.45. The van der Waals surface area contributed by atoms with Gasteiger partial charge in [-0.15, -0.1) is 0 Å². The number of amides is 2. The molecule has 0 bridgehead atoms. The van der Waals surface area contributed by atoms with E-state index in [4.69, 9.17) is 9.47 Å². The maximum Gasteiger partial charge on any atom is 0.317 e. The van der Waals surface area contributed by atoms with Crippen molar-refractivity contribution in [3.63, 3.8) is 0 Å². The van der Waals surface area contributed by atoms with E-state index in [1.165, 1.54) is 5.56 Å². The minimum absolute atomic E-state index is 0.0157. The van der Waals surface area contributed by atoms with Gasteiger partial charge >= 0.3 is 6.03 Å². The third-order valence-electron chi connectivity index (χ3n) is 4.98. The second-order valence-electron chi connectivity index (χ2n) is 6.63. The number of carbonyl (C=O) groups excluding carboxylic acids is 1. The molecule has 1 spiro atoms. The van der Waals surface area contributed by atoms with Crippen LogP contribution in [0.25, 0.3) is 0 Å². The number of nitrogens with zero attached hydrogens (tertiary/aromatic N) is 1. The number of hydrogen-bond donors (Lipinski definition) is 1. The minimum Gasteiger partial charge on any atom is -0.348 e. The summed E-state index contributed by atoms with van der Waals surface area (Å²) in [6.45, 7) is 3.48. The van der Waals surface area contributed by atoms with Gasteiger partial charge in [0, 0.05) is 32.0 Å². The Labute approximate surface area is 142 Å². The van der Waals surface area contributed by atoms with E-state index in [0.717, 1.165) is 32.1 Å². The molecule has 5 nitrogen and oxygen atoms in total. The SMILES string of the molecule is C[C@H](Cc1ccsc1)N(C)C(=O)NC1CCC2(CC1)OCCO2. The number of nitrogens with one attached hydrogen (secondary N) is 1. The molecule has 1 aliphatic carbocycles. The second kappa shape index (κ2) is 7.20. The van der Waals surface area contributed by atoms with Gasteiger partial charge in [-0.05, 0) is 48.6 Å². The summed E-state index contributed by atoms with van der Waals surface area (Å²) in [5.41, 5.74) is 1.29. The predicted molar refractivity (Wildman–Crippen MR) is 90.7 cm³/mol. The lowest BCUT2D eigenvalue weighted by Gasteiger charge is -2.36. The van der Waals surface area contributed by atoms with E-state index in [9.17, 15) is 4.79 Å². The molecule has 0 aromatic carbocycles. The zero-order valence-electron chi connectivity index (χ0n) is 13.9. The molecule has 1 aromatic heterocycles. The molecule has 1 atom stereocenters. The van der Waals surface area contributed by atoms with Crippen LogP contribution in [-0.2, 0) is 15.9 Å². The molecule has 2 heterocycles. The Hall–Kier alpha value is -1.11. The third kappa shape index (κ3) is 4.05. The van der Waals surface area contributed by atoms with Gasteiger partial charge in [-0.2, -0.15) is 11.3 Å². The molecule has 2 aliphatic rings. The monoisotopic (exact) mass is 338 g/mol. The molecule has 128 valence electrons. The molecule has 1 aromatic rings. The standard InChI is InChI=1S/C17H26N2O3S/c1-13(11-14-5-10-23-12-14)19(2)16(20)18-15-3-6-17(7-4-15)21-8-9-22-17/h5,10,12-13,15H,3-4,6-9,11H2,1-2H3,(H,18,20)/t13-/m1/s1. The molecule has 1 N–H and O–H groups in total. The molecular weight excluding hydrogens is 312 g/mol. The fourth-order valence-corrected chi connectivity index (χ4v) is 4.03. The van der Waals surface area contributed by atoms with Crippen LogP contribution in [0, 0.1) is 0 Å². The van der Waals surface area contributed by atoms with E-state index in [0.29, 0.717) is 13.2 Å². The molecule has 1 aliphatic heterocycles. The van der Waals surface area contributed by atoms with E-state index in [1.807, 2.05) is 11.9 Å². The van der Waals surface area contributed by atoms with E-state index in [2.05, 4.69) is 29.1 Å². The van der Waals surface area contributed by atoms with Crippen LogP contribution in [0.4, 0.5) is 4.79 Å². The molecule has 1 saturated carbocycles. The first-order valence-corrected chi connectivity index (χ1v) is 9.35. The van der Waals surface area contributed by atoms with Gasteiger partial charge in [-0.1, -0.05) is 0 Å². The highest BCUT2D eigenvalue weighted by Gasteiger charge is 2.40. The van der Waals surface area contributed by atoms with Gasteiger partial charge in [0.25, 0.3) is 0 Å². The number of hydrogen-bond acceptors (Lipinski definition) is 4. The Bertz CT molecular complexity index is 504. The number of likely N-dealkylation sites (N-methyl/N-ethyl adjacent to an activating group) is 1. The van der Waals surface area contributed by atoms with Gasteiger partial charge < -0.3 is 19.7 Å². The van der Waals surface area contributed by atoms with Crippen LogP contribution in [0.1, 0.15) is 38.2 Å². The average Bonchev–Trinajstić information content (AvgIpc) is 3.21. The van der Waals surface area contributed by atoms with Crippen molar-refractivity contribution in [1.29, 1.82) is 0 Å². The van der Waals surface area contributed by atoms with Crippen molar-refractivity contribution >= 4 is 17.4 Å². The maximum absolute atomic E-state index is 12.4. The Kier molecular flexibility index (Phi) is 5.24. The zero-order chi connectivity index (χ0) is 16.3. The summed E-state index contributed by atoms with van der Waals surface area (Å²) in [5.74, 6) is -0.362. The summed E-state index contributed by atoms with van der Waals surface area (Å²) >= 11 is 1.70. The van der Waals surface area contributed by atoms with Gasteiger partial charge in [0.2, 0.25) is 0 Å². The first-order valence-electron chi connectivity index (χ1n) is 8.40. The van der Waals surface area contributed by atoms with E-state index in [-0.39, 0.29) is 23.9 Å². The zero-order valence-corrected chi connectivity index (χ0v) is 14.7. The first-order chi connectivity index (χ1) is 11.1. The van der Waals surface area contributed by atoms with Gasteiger partial charge in [-0.3, -0.25) is 0 Å². The Morgan fingerprint density at radius 2 is 2.13 bits per heavy atom. The van der Waals surface area contributed by atoms with E-state index >= 15 is 0 Å². The summed E-state index contributed by atoms with van der Waals surface area (Å²) in [4.78, 5) is 14.3. The fraction of sp³-hybridized carbons (Fsp3) is 0.706. The van der Waals surface area contributed by atoms with Crippen LogP contribution in [0.15, 0.2) is 16.8 Å². The van der Waals surface area contributed by atoms with Crippen molar-refractivity contribution in [2.75, 3.05) is 20.3 Å². The number of thiophene rings is 1. The van der Waals surface area contributed by atoms with Gasteiger partial charge in [-0.25, -0.2) is 4.79 Å². The number of carbonyl (C=O) groups is 1. The summed E-state index contributed by atoms with van der Waals surface area (Å²) in [6.07, 6.45) is 4.46. The molecule has 23 heavy (non-hydrogen) atoms.